The molecule has 0 aliphatic heterocycles. The molecule has 7 nitrogen and oxygen atoms in total. The maximum Gasteiger partial charge on any atom is 0.238 e. The number of aromatic nitrogens is 2. The van der Waals surface area contributed by atoms with Crippen molar-refractivity contribution in [3.63, 3.8) is 0 Å². The zero-order valence-corrected chi connectivity index (χ0v) is 11.8. The Bertz CT molecular complexity index is 761. The van der Waals surface area contributed by atoms with Crippen LogP contribution in [-0.4, -0.2) is 23.4 Å². The van der Waals surface area contributed by atoms with Gasteiger partial charge in [-0.05, 0) is 18.2 Å². The molecular weight excluding hydrogens is 298 g/mol. The van der Waals surface area contributed by atoms with Crippen molar-refractivity contribution in [2.75, 3.05) is 5.32 Å². The van der Waals surface area contributed by atoms with Crippen LogP contribution in [-0.2, 0) is 10.0 Å². The molecule has 2 aromatic rings. The Morgan fingerprint density at radius 1 is 1.25 bits per heavy atom. The summed E-state index contributed by atoms with van der Waals surface area (Å²) in [4.78, 5) is 8.15. The molecule has 0 aliphatic rings. The fraction of sp³-hybridized carbons (Fsp3) is 0. The Balaban J connectivity index is 2.39. The molecular formula is C11H11N5O2S2. The second kappa shape index (κ2) is 5.49. The summed E-state index contributed by atoms with van der Waals surface area (Å²) in [5.74, 6) is 0.339. The Morgan fingerprint density at radius 3 is 2.60 bits per heavy atom. The van der Waals surface area contributed by atoms with Crippen LogP contribution in [0, 0.1) is 0 Å². The van der Waals surface area contributed by atoms with Gasteiger partial charge in [0.15, 0.2) is 5.82 Å². The third-order valence-electron chi connectivity index (χ3n) is 2.36. The summed E-state index contributed by atoms with van der Waals surface area (Å²) in [6.07, 6.45) is 2.92. The number of hydrogen-bond donors (Lipinski definition) is 3. The number of nitrogens with zero attached hydrogens (tertiary/aromatic N) is 2. The molecule has 1 heterocycles. The topological polar surface area (TPSA) is 124 Å². The summed E-state index contributed by atoms with van der Waals surface area (Å²) in [6, 6.07) is 5.99. The summed E-state index contributed by atoms with van der Waals surface area (Å²) >= 11 is 4.87. The van der Waals surface area contributed by atoms with Crippen molar-refractivity contribution >= 4 is 38.7 Å². The minimum absolute atomic E-state index is 0.0109. The first-order valence-corrected chi connectivity index (χ1v) is 7.34. The average Bonchev–Trinajstić information content (AvgIpc) is 2.38. The SMILES string of the molecule is NC(=S)c1nccnc1Nc1cccc(S(N)(=O)=O)c1. The van der Waals surface area contributed by atoms with Crippen molar-refractivity contribution in [1.82, 2.24) is 9.97 Å². The van der Waals surface area contributed by atoms with Crippen molar-refractivity contribution in [3.05, 3.63) is 42.4 Å². The number of sulfonamides is 1. The minimum Gasteiger partial charge on any atom is -0.388 e. The lowest BCUT2D eigenvalue weighted by Gasteiger charge is -2.09. The van der Waals surface area contributed by atoms with Crippen molar-refractivity contribution < 1.29 is 8.42 Å². The maximum atomic E-state index is 11.3. The zero-order chi connectivity index (χ0) is 14.8. The van der Waals surface area contributed by atoms with Crippen molar-refractivity contribution in [1.29, 1.82) is 0 Å². The molecule has 20 heavy (non-hydrogen) atoms. The van der Waals surface area contributed by atoms with E-state index in [-0.39, 0.29) is 9.88 Å². The molecule has 0 aliphatic carbocycles. The van der Waals surface area contributed by atoms with Crippen LogP contribution in [0.25, 0.3) is 0 Å². The fourth-order valence-electron chi connectivity index (χ4n) is 1.50. The van der Waals surface area contributed by atoms with E-state index in [9.17, 15) is 8.42 Å². The predicted octanol–water partition coefficient (Wildman–Crippen LogP) is 0.502. The molecule has 0 fully saturated rings. The van der Waals surface area contributed by atoms with Gasteiger partial charge in [0.25, 0.3) is 0 Å². The summed E-state index contributed by atoms with van der Waals surface area (Å²) < 4.78 is 22.6. The molecule has 9 heteroatoms. The summed E-state index contributed by atoms with van der Waals surface area (Å²) in [6.45, 7) is 0. The molecule has 0 saturated carbocycles. The number of hydrogen-bond acceptors (Lipinski definition) is 6. The highest BCUT2D eigenvalue weighted by Crippen LogP contribution is 2.19. The van der Waals surface area contributed by atoms with Crippen LogP contribution >= 0.6 is 12.2 Å². The number of rotatable bonds is 4. The standard InChI is InChI=1S/C11H11N5O2S2/c12-10(19)9-11(15-5-4-14-9)16-7-2-1-3-8(6-7)20(13,17)18/h1-6H,(H2,12,19)(H,15,16)(H2,13,17,18). The molecule has 1 aromatic heterocycles. The second-order valence-electron chi connectivity index (χ2n) is 3.82. The summed E-state index contributed by atoms with van der Waals surface area (Å²) in [7, 11) is -3.77. The van der Waals surface area contributed by atoms with E-state index >= 15 is 0 Å². The van der Waals surface area contributed by atoms with Gasteiger partial charge in [-0.3, -0.25) is 0 Å². The van der Waals surface area contributed by atoms with Gasteiger partial charge < -0.3 is 11.1 Å². The third kappa shape index (κ3) is 3.26. The van der Waals surface area contributed by atoms with Crippen molar-refractivity contribution in [3.8, 4) is 0 Å². The molecule has 0 spiro atoms. The molecule has 0 radical (unpaired) electrons. The van der Waals surface area contributed by atoms with E-state index in [1.54, 1.807) is 12.1 Å². The van der Waals surface area contributed by atoms with Gasteiger partial charge in [-0.25, -0.2) is 23.5 Å². The van der Waals surface area contributed by atoms with E-state index in [0.717, 1.165) is 0 Å². The third-order valence-corrected chi connectivity index (χ3v) is 3.46. The Morgan fingerprint density at radius 2 is 1.95 bits per heavy atom. The van der Waals surface area contributed by atoms with Crippen molar-refractivity contribution in [2.24, 2.45) is 10.9 Å². The molecule has 5 N–H and O–H groups in total. The molecule has 0 amide bonds. The molecule has 2 rings (SSSR count). The average molecular weight is 309 g/mol. The van der Waals surface area contributed by atoms with Crippen LogP contribution in [0.1, 0.15) is 5.69 Å². The van der Waals surface area contributed by atoms with Gasteiger partial charge in [-0.1, -0.05) is 18.3 Å². The monoisotopic (exact) mass is 309 g/mol. The first-order chi connectivity index (χ1) is 9.38. The fourth-order valence-corrected chi connectivity index (χ4v) is 2.21. The highest BCUT2D eigenvalue weighted by molar-refractivity contribution is 7.89. The lowest BCUT2D eigenvalue weighted by atomic mass is 10.3. The summed E-state index contributed by atoms with van der Waals surface area (Å²) in [5.41, 5.74) is 6.34. The summed E-state index contributed by atoms with van der Waals surface area (Å²) in [5, 5.41) is 7.98. The van der Waals surface area contributed by atoms with E-state index in [1.807, 2.05) is 0 Å². The normalized spacial score (nSPS) is 11.1. The lowest BCUT2D eigenvalue weighted by molar-refractivity contribution is 0.598. The van der Waals surface area contributed by atoms with Crippen LogP contribution in [0.15, 0.2) is 41.6 Å². The number of nitrogens with two attached hydrogens (primary N) is 2. The first kappa shape index (κ1) is 14.3. The van der Waals surface area contributed by atoms with Crippen LogP contribution in [0.3, 0.4) is 0 Å². The van der Waals surface area contributed by atoms with E-state index in [2.05, 4.69) is 15.3 Å². The Labute approximate surface area is 121 Å². The maximum absolute atomic E-state index is 11.3. The second-order valence-corrected chi connectivity index (χ2v) is 5.82. The Kier molecular flexibility index (Phi) is 3.93. The zero-order valence-electron chi connectivity index (χ0n) is 10.1. The van der Waals surface area contributed by atoms with Gasteiger partial charge in [0.1, 0.15) is 10.7 Å². The number of primary sulfonamides is 1. The molecule has 0 bridgehead atoms. The number of benzene rings is 1. The number of nitrogens with one attached hydrogen (secondary N) is 1. The lowest BCUT2D eigenvalue weighted by Crippen LogP contribution is -2.15. The van der Waals surface area contributed by atoms with Crippen LogP contribution in [0.2, 0.25) is 0 Å². The van der Waals surface area contributed by atoms with E-state index < -0.39 is 10.0 Å². The van der Waals surface area contributed by atoms with Gasteiger partial charge in [0.2, 0.25) is 10.0 Å². The molecule has 1 aromatic carbocycles. The van der Waals surface area contributed by atoms with E-state index in [4.69, 9.17) is 23.1 Å². The van der Waals surface area contributed by atoms with Crippen LogP contribution in [0.5, 0.6) is 0 Å². The van der Waals surface area contributed by atoms with Gasteiger partial charge in [0.05, 0.1) is 4.90 Å². The van der Waals surface area contributed by atoms with Gasteiger partial charge in [0, 0.05) is 18.1 Å². The highest BCUT2D eigenvalue weighted by atomic mass is 32.2. The van der Waals surface area contributed by atoms with Gasteiger partial charge >= 0.3 is 0 Å². The van der Waals surface area contributed by atoms with Gasteiger partial charge in [-0.2, -0.15) is 0 Å². The van der Waals surface area contributed by atoms with Crippen molar-refractivity contribution in [2.45, 2.75) is 4.90 Å². The van der Waals surface area contributed by atoms with E-state index in [1.165, 1.54) is 24.5 Å². The van der Waals surface area contributed by atoms with E-state index in [0.29, 0.717) is 17.2 Å². The van der Waals surface area contributed by atoms with Crippen LogP contribution < -0.4 is 16.2 Å². The Hall–Kier alpha value is -2.10. The molecule has 104 valence electrons. The molecule has 0 atom stereocenters. The van der Waals surface area contributed by atoms with Gasteiger partial charge in [-0.15, -0.1) is 0 Å². The largest absolute Gasteiger partial charge is 0.388 e. The van der Waals surface area contributed by atoms with Crippen LogP contribution in [0.4, 0.5) is 11.5 Å². The molecule has 0 saturated heterocycles. The quantitative estimate of drug-likeness (QED) is 0.702. The highest BCUT2D eigenvalue weighted by Gasteiger charge is 2.11. The number of thiocarbonyl (C=S) groups is 1. The predicted molar refractivity (Wildman–Crippen MR) is 79.0 cm³/mol. The minimum atomic E-state index is -3.77. The molecule has 0 unspecified atom stereocenters. The first-order valence-electron chi connectivity index (χ1n) is 5.38. The smallest absolute Gasteiger partial charge is 0.238 e. The number of anilines is 2.